The number of carbonyl (C=O) groups is 2. The fourth-order valence-corrected chi connectivity index (χ4v) is 2.01. The normalized spacial score (nSPS) is 20.6. The fourth-order valence-electron chi connectivity index (χ4n) is 2.01. The number of nitrogens with zero attached hydrogens (tertiary/aromatic N) is 1. The first-order valence-electron chi connectivity index (χ1n) is 5.78. The lowest BCUT2D eigenvalue weighted by molar-refractivity contribution is -0.154. The van der Waals surface area contributed by atoms with Crippen LogP contribution in [0, 0.1) is 0 Å². The van der Waals surface area contributed by atoms with Gasteiger partial charge in [0.2, 0.25) is 5.91 Å². The number of hydrogen-bond acceptors (Lipinski definition) is 4. The molecule has 0 radical (unpaired) electrons. The highest BCUT2D eigenvalue weighted by Crippen LogP contribution is 2.19. The van der Waals surface area contributed by atoms with Gasteiger partial charge in [0.25, 0.3) is 0 Å². The van der Waals surface area contributed by atoms with Crippen LogP contribution in [-0.4, -0.2) is 43.0 Å². The summed E-state index contributed by atoms with van der Waals surface area (Å²) < 4.78 is 4.72. The minimum Gasteiger partial charge on any atom is -0.467 e. The molecular formula is C11H20N2O3. The zero-order valence-electron chi connectivity index (χ0n) is 9.78. The minimum atomic E-state index is -0.385. The van der Waals surface area contributed by atoms with Crippen molar-refractivity contribution in [2.24, 2.45) is 5.73 Å². The van der Waals surface area contributed by atoms with Crippen LogP contribution in [-0.2, 0) is 14.3 Å². The fraction of sp³-hybridized carbons (Fsp3) is 0.818. The number of carbonyl (C=O) groups excluding carboxylic acids is 2. The van der Waals surface area contributed by atoms with Crippen LogP contribution < -0.4 is 5.73 Å². The maximum atomic E-state index is 11.9. The van der Waals surface area contributed by atoms with Gasteiger partial charge in [-0.3, -0.25) is 4.79 Å². The number of methoxy groups -OCH3 is 1. The third-order valence-electron chi connectivity index (χ3n) is 2.89. The standard InChI is InChI=1S/C11H20N2O3/c1-16-11(15)9-5-2-3-8-13(9)10(14)6-4-7-12/h9H,2-8,12H2,1H3. The highest BCUT2D eigenvalue weighted by Gasteiger charge is 2.32. The third kappa shape index (κ3) is 3.20. The second kappa shape index (κ2) is 6.48. The van der Waals surface area contributed by atoms with Gasteiger partial charge in [-0.1, -0.05) is 0 Å². The third-order valence-corrected chi connectivity index (χ3v) is 2.89. The molecule has 92 valence electrons. The highest BCUT2D eigenvalue weighted by atomic mass is 16.5. The average Bonchev–Trinajstić information content (AvgIpc) is 2.35. The molecule has 0 aromatic heterocycles. The molecule has 0 saturated carbocycles. The molecule has 16 heavy (non-hydrogen) atoms. The number of esters is 1. The van der Waals surface area contributed by atoms with E-state index in [2.05, 4.69) is 0 Å². The van der Waals surface area contributed by atoms with Crippen molar-refractivity contribution in [3.8, 4) is 0 Å². The van der Waals surface area contributed by atoms with Crippen molar-refractivity contribution in [1.29, 1.82) is 0 Å². The van der Waals surface area contributed by atoms with Crippen LogP contribution in [0.15, 0.2) is 0 Å². The van der Waals surface area contributed by atoms with Crippen molar-refractivity contribution in [1.82, 2.24) is 4.90 Å². The molecule has 1 atom stereocenters. The molecule has 1 rings (SSSR count). The van der Waals surface area contributed by atoms with E-state index in [0.29, 0.717) is 32.4 Å². The van der Waals surface area contributed by atoms with E-state index in [1.54, 1.807) is 4.90 Å². The SMILES string of the molecule is COC(=O)C1CCCCN1C(=O)CCCN. The molecule has 1 saturated heterocycles. The van der Waals surface area contributed by atoms with Crippen LogP contribution in [0.4, 0.5) is 0 Å². The second-order valence-electron chi connectivity index (χ2n) is 4.01. The monoisotopic (exact) mass is 228 g/mol. The van der Waals surface area contributed by atoms with Crippen LogP contribution in [0.25, 0.3) is 0 Å². The van der Waals surface area contributed by atoms with Gasteiger partial charge in [-0.05, 0) is 32.2 Å². The number of amides is 1. The lowest BCUT2D eigenvalue weighted by Crippen LogP contribution is -2.48. The molecule has 1 aliphatic heterocycles. The van der Waals surface area contributed by atoms with Gasteiger partial charge < -0.3 is 15.4 Å². The van der Waals surface area contributed by atoms with E-state index in [0.717, 1.165) is 12.8 Å². The summed E-state index contributed by atoms with van der Waals surface area (Å²) in [6.07, 6.45) is 3.73. The molecule has 5 heteroatoms. The first kappa shape index (κ1) is 13.0. The van der Waals surface area contributed by atoms with E-state index in [1.807, 2.05) is 0 Å². The van der Waals surface area contributed by atoms with Crippen molar-refractivity contribution >= 4 is 11.9 Å². The van der Waals surface area contributed by atoms with Gasteiger partial charge in [0.05, 0.1) is 7.11 Å². The van der Waals surface area contributed by atoms with Gasteiger partial charge in [-0.15, -0.1) is 0 Å². The summed E-state index contributed by atoms with van der Waals surface area (Å²) in [5, 5.41) is 0. The number of piperidine rings is 1. The summed E-state index contributed by atoms with van der Waals surface area (Å²) in [4.78, 5) is 25.0. The number of hydrogen-bond donors (Lipinski definition) is 1. The van der Waals surface area contributed by atoms with Crippen LogP contribution >= 0.6 is 0 Å². The predicted octanol–water partition coefficient (Wildman–Crippen LogP) is 0.279. The van der Waals surface area contributed by atoms with Gasteiger partial charge in [-0.2, -0.15) is 0 Å². The van der Waals surface area contributed by atoms with E-state index in [-0.39, 0.29) is 17.9 Å². The summed E-state index contributed by atoms with van der Waals surface area (Å²) in [5.41, 5.74) is 5.36. The van der Waals surface area contributed by atoms with Crippen molar-refractivity contribution in [3.05, 3.63) is 0 Å². The summed E-state index contributed by atoms with van der Waals surface area (Å²) in [6.45, 7) is 1.16. The van der Waals surface area contributed by atoms with Crippen molar-refractivity contribution in [2.75, 3.05) is 20.2 Å². The summed E-state index contributed by atoms with van der Waals surface area (Å²) >= 11 is 0. The lowest BCUT2D eigenvalue weighted by Gasteiger charge is -2.33. The van der Waals surface area contributed by atoms with Crippen LogP contribution in [0.3, 0.4) is 0 Å². The smallest absolute Gasteiger partial charge is 0.328 e. The summed E-state index contributed by atoms with van der Waals surface area (Å²) in [5.74, 6) is -0.290. The Hall–Kier alpha value is -1.10. The molecule has 0 aromatic rings. The van der Waals surface area contributed by atoms with Crippen LogP contribution in [0.5, 0.6) is 0 Å². The lowest BCUT2D eigenvalue weighted by atomic mass is 10.0. The van der Waals surface area contributed by atoms with Crippen molar-refractivity contribution in [2.45, 2.75) is 38.1 Å². The van der Waals surface area contributed by atoms with Crippen LogP contribution in [0.2, 0.25) is 0 Å². The number of rotatable bonds is 4. The van der Waals surface area contributed by atoms with E-state index in [1.165, 1.54) is 7.11 Å². The number of ether oxygens (including phenoxy) is 1. The Labute approximate surface area is 95.9 Å². The topological polar surface area (TPSA) is 72.6 Å². The Morgan fingerprint density at radius 2 is 2.19 bits per heavy atom. The Balaban J connectivity index is 2.59. The first-order valence-corrected chi connectivity index (χ1v) is 5.78. The molecule has 0 bridgehead atoms. The van der Waals surface area contributed by atoms with Crippen LogP contribution in [0.1, 0.15) is 32.1 Å². The summed E-state index contributed by atoms with van der Waals surface area (Å²) in [7, 11) is 1.36. The van der Waals surface area contributed by atoms with E-state index >= 15 is 0 Å². The summed E-state index contributed by atoms with van der Waals surface area (Å²) in [6, 6.07) is -0.385. The first-order chi connectivity index (χ1) is 7.70. The molecular weight excluding hydrogens is 208 g/mol. The Morgan fingerprint density at radius 3 is 2.81 bits per heavy atom. The molecule has 0 aromatic carbocycles. The molecule has 1 aliphatic rings. The molecule has 1 unspecified atom stereocenters. The zero-order chi connectivity index (χ0) is 12.0. The molecule has 1 amide bonds. The Bertz CT molecular complexity index is 256. The van der Waals surface area contributed by atoms with Gasteiger partial charge in [0, 0.05) is 13.0 Å². The minimum absolute atomic E-state index is 0.0144. The van der Waals surface area contributed by atoms with E-state index in [4.69, 9.17) is 10.5 Å². The maximum Gasteiger partial charge on any atom is 0.328 e. The van der Waals surface area contributed by atoms with E-state index in [9.17, 15) is 9.59 Å². The largest absolute Gasteiger partial charge is 0.467 e. The molecule has 5 nitrogen and oxygen atoms in total. The van der Waals surface area contributed by atoms with Crippen molar-refractivity contribution in [3.63, 3.8) is 0 Å². The van der Waals surface area contributed by atoms with Gasteiger partial charge >= 0.3 is 5.97 Å². The van der Waals surface area contributed by atoms with Gasteiger partial charge in [0.1, 0.15) is 6.04 Å². The zero-order valence-corrected chi connectivity index (χ0v) is 9.78. The van der Waals surface area contributed by atoms with Gasteiger partial charge in [0.15, 0.2) is 0 Å². The number of nitrogens with two attached hydrogens (primary N) is 1. The number of likely N-dealkylation sites (tertiary alicyclic amines) is 1. The average molecular weight is 228 g/mol. The maximum absolute atomic E-state index is 11.9. The Kier molecular flexibility index (Phi) is 5.25. The molecule has 0 aliphatic carbocycles. The van der Waals surface area contributed by atoms with E-state index < -0.39 is 0 Å². The molecule has 1 heterocycles. The quantitative estimate of drug-likeness (QED) is 0.701. The highest BCUT2D eigenvalue weighted by molar-refractivity contribution is 5.84. The Morgan fingerprint density at radius 1 is 1.44 bits per heavy atom. The van der Waals surface area contributed by atoms with Crippen molar-refractivity contribution < 1.29 is 14.3 Å². The molecule has 0 spiro atoms. The molecule has 2 N–H and O–H groups in total. The van der Waals surface area contributed by atoms with Gasteiger partial charge in [-0.25, -0.2) is 4.79 Å². The second-order valence-corrected chi connectivity index (χ2v) is 4.01. The predicted molar refractivity (Wildman–Crippen MR) is 59.7 cm³/mol. The molecule has 1 fully saturated rings.